The molecule has 102 valence electrons. The summed E-state index contributed by atoms with van der Waals surface area (Å²) in [5.74, 6) is 0.636. The van der Waals surface area contributed by atoms with Crippen molar-refractivity contribution in [1.29, 1.82) is 0 Å². The van der Waals surface area contributed by atoms with Crippen LogP contribution in [0.5, 0.6) is 0 Å². The highest BCUT2D eigenvalue weighted by Crippen LogP contribution is 2.22. The van der Waals surface area contributed by atoms with Crippen LogP contribution in [0.2, 0.25) is 0 Å². The average molecular weight is 268 g/mol. The Labute approximate surface area is 116 Å². The van der Waals surface area contributed by atoms with E-state index in [9.17, 15) is 0 Å². The molecular weight excluding hydrogens is 252 g/mol. The Morgan fingerprint density at radius 3 is 2.80 bits per heavy atom. The Balaban J connectivity index is 1.86. The molecule has 0 radical (unpaired) electrons. The molecule has 0 aliphatic carbocycles. The molecule has 2 aromatic heterocycles. The van der Waals surface area contributed by atoms with E-state index < -0.39 is 0 Å². The number of hydrogen-bond donors (Lipinski definition) is 2. The topological polar surface area (TPSA) is 71.4 Å². The van der Waals surface area contributed by atoms with E-state index in [1.165, 1.54) is 0 Å². The molecule has 0 atom stereocenters. The molecule has 2 heterocycles. The maximum atomic E-state index is 4.38. The minimum atomic E-state index is 0.206. The van der Waals surface area contributed by atoms with Crippen LogP contribution in [0.3, 0.4) is 0 Å². The number of rotatable bonds is 4. The van der Waals surface area contributed by atoms with E-state index >= 15 is 0 Å². The first-order valence-electron chi connectivity index (χ1n) is 6.52. The van der Waals surface area contributed by atoms with Gasteiger partial charge in [-0.1, -0.05) is 12.1 Å². The molecule has 1 aromatic carbocycles. The van der Waals surface area contributed by atoms with Gasteiger partial charge in [0, 0.05) is 23.6 Å². The van der Waals surface area contributed by atoms with Gasteiger partial charge >= 0.3 is 0 Å². The minimum absolute atomic E-state index is 0.206. The molecule has 0 aliphatic heterocycles. The molecule has 0 saturated heterocycles. The summed E-state index contributed by atoms with van der Waals surface area (Å²) in [7, 11) is 0. The molecule has 0 spiro atoms. The third kappa shape index (κ3) is 2.54. The van der Waals surface area contributed by atoms with E-state index in [0.717, 1.165) is 16.9 Å². The van der Waals surface area contributed by atoms with Crippen molar-refractivity contribution in [2.75, 3.05) is 5.32 Å². The molecule has 0 amide bonds. The second kappa shape index (κ2) is 5.16. The zero-order valence-corrected chi connectivity index (χ0v) is 11.4. The number of aromatic amines is 1. The molecule has 2 N–H and O–H groups in total. The van der Waals surface area contributed by atoms with E-state index in [0.29, 0.717) is 5.82 Å². The summed E-state index contributed by atoms with van der Waals surface area (Å²) < 4.78 is 0. The van der Waals surface area contributed by atoms with E-state index in [4.69, 9.17) is 0 Å². The van der Waals surface area contributed by atoms with Gasteiger partial charge in [-0.25, -0.2) is 0 Å². The molecule has 6 nitrogen and oxygen atoms in total. The van der Waals surface area contributed by atoms with Gasteiger partial charge in [-0.15, -0.1) is 10.2 Å². The Kier molecular flexibility index (Phi) is 3.20. The molecule has 0 unspecified atom stereocenters. The standard InChI is InChI=1S/C14H16N6/c1-10(2)20-18-14(17-19-20)11-4-3-5-12(8-11)16-13-6-7-15-9-13/h3-10,15-16H,1-2H3. The molecule has 0 fully saturated rings. The highest BCUT2D eigenvalue weighted by atomic mass is 15.6. The monoisotopic (exact) mass is 268 g/mol. The van der Waals surface area contributed by atoms with Crippen molar-refractivity contribution in [3.05, 3.63) is 42.7 Å². The zero-order chi connectivity index (χ0) is 13.9. The molecular formula is C14H16N6. The average Bonchev–Trinajstić information content (AvgIpc) is 3.09. The van der Waals surface area contributed by atoms with Crippen LogP contribution < -0.4 is 5.32 Å². The van der Waals surface area contributed by atoms with Crippen LogP contribution in [0.15, 0.2) is 42.7 Å². The summed E-state index contributed by atoms with van der Waals surface area (Å²) in [6.07, 6.45) is 3.78. The van der Waals surface area contributed by atoms with Crippen LogP contribution in [0, 0.1) is 0 Å². The van der Waals surface area contributed by atoms with E-state index in [2.05, 4.69) is 25.7 Å². The summed E-state index contributed by atoms with van der Waals surface area (Å²) >= 11 is 0. The van der Waals surface area contributed by atoms with Gasteiger partial charge < -0.3 is 10.3 Å². The van der Waals surface area contributed by atoms with E-state index in [1.807, 2.05) is 56.6 Å². The Morgan fingerprint density at radius 1 is 1.20 bits per heavy atom. The lowest BCUT2D eigenvalue weighted by atomic mass is 10.2. The molecule has 3 rings (SSSR count). The number of aromatic nitrogens is 5. The normalized spacial score (nSPS) is 10.9. The summed E-state index contributed by atoms with van der Waals surface area (Å²) in [5, 5.41) is 15.8. The maximum Gasteiger partial charge on any atom is 0.205 e. The Hall–Kier alpha value is -2.63. The van der Waals surface area contributed by atoms with Crippen LogP contribution in [-0.2, 0) is 0 Å². The number of nitrogens with zero attached hydrogens (tertiary/aromatic N) is 4. The lowest BCUT2D eigenvalue weighted by Gasteiger charge is -2.04. The zero-order valence-electron chi connectivity index (χ0n) is 11.4. The van der Waals surface area contributed by atoms with Crippen molar-refractivity contribution >= 4 is 11.4 Å². The largest absolute Gasteiger partial charge is 0.366 e. The van der Waals surface area contributed by atoms with Crippen LogP contribution in [0.25, 0.3) is 11.4 Å². The number of tetrazole rings is 1. The smallest absolute Gasteiger partial charge is 0.205 e. The second-order valence-corrected chi connectivity index (χ2v) is 4.83. The van der Waals surface area contributed by atoms with Gasteiger partial charge in [0.25, 0.3) is 0 Å². The van der Waals surface area contributed by atoms with Crippen LogP contribution in [0.1, 0.15) is 19.9 Å². The fraction of sp³-hybridized carbons (Fsp3) is 0.214. The third-order valence-corrected chi connectivity index (χ3v) is 2.90. The summed E-state index contributed by atoms with van der Waals surface area (Å²) in [6.45, 7) is 4.05. The summed E-state index contributed by atoms with van der Waals surface area (Å²) in [6, 6.07) is 10.1. The van der Waals surface area contributed by atoms with Crippen molar-refractivity contribution in [1.82, 2.24) is 25.2 Å². The number of anilines is 2. The lowest BCUT2D eigenvalue weighted by Crippen LogP contribution is -2.04. The van der Waals surface area contributed by atoms with Crippen molar-refractivity contribution < 1.29 is 0 Å². The Morgan fingerprint density at radius 2 is 2.10 bits per heavy atom. The first kappa shape index (κ1) is 12.4. The Bertz CT molecular complexity index is 683. The first-order chi connectivity index (χ1) is 9.72. The number of H-pyrrole nitrogens is 1. The molecule has 0 aliphatic rings. The maximum absolute atomic E-state index is 4.38. The molecule has 3 aromatic rings. The predicted octanol–water partition coefficient (Wildman–Crippen LogP) is 2.99. The van der Waals surface area contributed by atoms with E-state index in [1.54, 1.807) is 4.80 Å². The fourth-order valence-electron chi connectivity index (χ4n) is 1.86. The van der Waals surface area contributed by atoms with Crippen molar-refractivity contribution in [3.8, 4) is 11.4 Å². The molecule has 0 bridgehead atoms. The van der Waals surface area contributed by atoms with Gasteiger partial charge in [0.15, 0.2) is 0 Å². The van der Waals surface area contributed by atoms with Crippen molar-refractivity contribution in [2.24, 2.45) is 0 Å². The van der Waals surface area contributed by atoms with Crippen LogP contribution in [0.4, 0.5) is 11.4 Å². The van der Waals surface area contributed by atoms with Crippen LogP contribution >= 0.6 is 0 Å². The highest BCUT2D eigenvalue weighted by molar-refractivity contribution is 5.66. The predicted molar refractivity (Wildman–Crippen MR) is 77.7 cm³/mol. The number of benzene rings is 1. The first-order valence-corrected chi connectivity index (χ1v) is 6.52. The SMILES string of the molecule is CC(C)n1nnc(-c2cccc(Nc3cc[nH]c3)c2)n1. The second-order valence-electron chi connectivity index (χ2n) is 4.83. The molecule has 20 heavy (non-hydrogen) atoms. The van der Waals surface area contributed by atoms with Gasteiger partial charge in [0.1, 0.15) is 0 Å². The van der Waals surface area contributed by atoms with Crippen molar-refractivity contribution in [2.45, 2.75) is 19.9 Å². The third-order valence-electron chi connectivity index (χ3n) is 2.90. The number of hydrogen-bond acceptors (Lipinski definition) is 4. The summed E-state index contributed by atoms with van der Waals surface area (Å²) in [5.41, 5.74) is 2.95. The van der Waals surface area contributed by atoms with Crippen molar-refractivity contribution in [3.63, 3.8) is 0 Å². The quantitative estimate of drug-likeness (QED) is 0.763. The van der Waals surface area contributed by atoms with Crippen LogP contribution in [-0.4, -0.2) is 25.2 Å². The van der Waals surface area contributed by atoms with Gasteiger partial charge in [-0.2, -0.15) is 4.80 Å². The van der Waals surface area contributed by atoms with Gasteiger partial charge in [0.05, 0.1) is 11.7 Å². The lowest BCUT2D eigenvalue weighted by molar-refractivity contribution is 0.455. The summed E-state index contributed by atoms with van der Waals surface area (Å²) in [4.78, 5) is 4.62. The van der Waals surface area contributed by atoms with E-state index in [-0.39, 0.29) is 6.04 Å². The minimum Gasteiger partial charge on any atom is -0.366 e. The van der Waals surface area contributed by atoms with Gasteiger partial charge in [-0.05, 0) is 37.3 Å². The molecule has 0 saturated carbocycles. The highest BCUT2D eigenvalue weighted by Gasteiger charge is 2.08. The van der Waals surface area contributed by atoms with Gasteiger partial charge in [-0.3, -0.25) is 0 Å². The fourth-order valence-corrected chi connectivity index (χ4v) is 1.86. The molecule has 6 heteroatoms. The number of nitrogens with one attached hydrogen (secondary N) is 2. The van der Waals surface area contributed by atoms with Gasteiger partial charge in [0.2, 0.25) is 5.82 Å².